The number of piperidine rings is 1. The van der Waals surface area contributed by atoms with Gasteiger partial charge in [-0.3, -0.25) is 0 Å². The van der Waals surface area contributed by atoms with Gasteiger partial charge in [0.25, 0.3) is 0 Å². The molecule has 1 N–H and O–H groups in total. The average Bonchev–Trinajstić information content (AvgIpc) is 3.03. The molecule has 0 saturated carbocycles. The van der Waals surface area contributed by atoms with E-state index in [0.717, 1.165) is 54.7 Å². The van der Waals surface area contributed by atoms with Gasteiger partial charge in [0.2, 0.25) is 5.89 Å². The highest BCUT2D eigenvalue weighted by molar-refractivity contribution is 6.31. The molecule has 0 radical (unpaired) electrons. The molecule has 2 aromatic rings. The minimum atomic E-state index is 0.490. The van der Waals surface area contributed by atoms with Crippen LogP contribution >= 0.6 is 11.6 Å². The molecule has 0 atom stereocenters. The molecule has 5 nitrogen and oxygen atoms in total. The van der Waals surface area contributed by atoms with Crippen LogP contribution in [-0.2, 0) is 13.0 Å². The summed E-state index contributed by atoms with van der Waals surface area (Å²) in [6.45, 7) is 9.06. The van der Waals surface area contributed by atoms with Gasteiger partial charge < -0.3 is 14.7 Å². The van der Waals surface area contributed by atoms with Crippen LogP contribution in [0.2, 0.25) is 5.02 Å². The standard InChI is InChI=1S/C19H27ClN4O/c1-13(2)10-19-22-18(23-25-19)12-21-15-6-8-24(9-7-15)16-5-4-14(3)17(20)11-16/h4-5,11,13,15,21H,6-10,12H2,1-3H3. The number of nitrogens with one attached hydrogen (secondary N) is 1. The van der Waals surface area contributed by atoms with Crippen LogP contribution in [0.5, 0.6) is 0 Å². The van der Waals surface area contributed by atoms with E-state index in [1.54, 1.807) is 0 Å². The summed E-state index contributed by atoms with van der Waals surface area (Å²) in [5, 5.41) is 8.46. The van der Waals surface area contributed by atoms with Crippen molar-refractivity contribution in [2.24, 2.45) is 5.92 Å². The maximum atomic E-state index is 6.25. The quantitative estimate of drug-likeness (QED) is 0.842. The number of hydrogen-bond donors (Lipinski definition) is 1. The molecular weight excluding hydrogens is 336 g/mol. The fraction of sp³-hybridized carbons (Fsp3) is 0.579. The number of aryl methyl sites for hydroxylation is 1. The van der Waals surface area contributed by atoms with E-state index in [0.29, 0.717) is 18.5 Å². The molecule has 1 aromatic heterocycles. The molecular formula is C19H27ClN4O. The van der Waals surface area contributed by atoms with Crippen molar-refractivity contribution in [3.05, 3.63) is 40.5 Å². The molecule has 1 aliphatic rings. The molecule has 3 rings (SSSR count). The normalized spacial score (nSPS) is 16.0. The zero-order valence-corrected chi connectivity index (χ0v) is 16.0. The number of aromatic nitrogens is 2. The lowest BCUT2D eigenvalue weighted by atomic mass is 10.0. The molecule has 6 heteroatoms. The van der Waals surface area contributed by atoms with Crippen LogP contribution in [0, 0.1) is 12.8 Å². The van der Waals surface area contributed by atoms with Gasteiger partial charge in [0, 0.05) is 36.3 Å². The van der Waals surface area contributed by atoms with Crippen LogP contribution in [0.3, 0.4) is 0 Å². The third-order valence-electron chi connectivity index (χ3n) is 4.66. The van der Waals surface area contributed by atoms with Crippen LogP contribution in [0.1, 0.15) is 44.0 Å². The lowest BCUT2D eigenvalue weighted by Gasteiger charge is -2.34. The van der Waals surface area contributed by atoms with Gasteiger partial charge in [-0.05, 0) is 43.4 Å². The first kappa shape index (κ1) is 18.2. The molecule has 1 aliphatic heterocycles. The van der Waals surface area contributed by atoms with Gasteiger partial charge in [-0.25, -0.2) is 0 Å². The van der Waals surface area contributed by atoms with Crippen molar-refractivity contribution in [1.82, 2.24) is 15.5 Å². The van der Waals surface area contributed by atoms with Crippen molar-refractivity contribution in [1.29, 1.82) is 0 Å². The summed E-state index contributed by atoms with van der Waals surface area (Å²) in [5.41, 5.74) is 2.34. The highest BCUT2D eigenvalue weighted by Crippen LogP contribution is 2.25. The molecule has 25 heavy (non-hydrogen) atoms. The van der Waals surface area contributed by atoms with Gasteiger partial charge >= 0.3 is 0 Å². The Hall–Kier alpha value is -1.59. The maximum absolute atomic E-state index is 6.25. The second kappa shape index (κ2) is 8.19. The number of anilines is 1. The van der Waals surface area contributed by atoms with Crippen LogP contribution in [0.25, 0.3) is 0 Å². The van der Waals surface area contributed by atoms with Crippen molar-refractivity contribution >= 4 is 17.3 Å². The zero-order valence-electron chi connectivity index (χ0n) is 15.3. The molecule has 0 spiro atoms. The third-order valence-corrected chi connectivity index (χ3v) is 5.06. The maximum Gasteiger partial charge on any atom is 0.226 e. The van der Waals surface area contributed by atoms with Gasteiger partial charge in [-0.2, -0.15) is 4.98 Å². The second-order valence-corrected chi connectivity index (χ2v) is 7.69. The van der Waals surface area contributed by atoms with Crippen LogP contribution in [0.15, 0.2) is 22.7 Å². The van der Waals surface area contributed by atoms with Crippen LogP contribution < -0.4 is 10.2 Å². The Morgan fingerprint density at radius 1 is 1.32 bits per heavy atom. The van der Waals surface area contributed by atoms with E-state index in [1.807, 2.05) is 6.92 Å². The van der Waals surface area contributed by atoms with Crippen molar-refractivity contribution in [2.45, 2.75) is 52.6 Å². The molecule has 0 unspecified atom stereocenters. The number of rotatable bonds is 6. The van der Waals surface area contributed by atoms with E-state index >= 15 is 0 Å². The smallest absolute Gasteiger partial charge is 0.226 e. The van der Waals surface area contributed by atoms with Crippen molar-refractivity contribution in [2.75, 3.05) is 18.0 Å². The van der Waals surface area contributed by atoms with Crippen molar-refractivity contribution < 1.29 is 4.52 Å². The highest BCUT2D eigenvalue weighted by atomic mass is 35.5. The highest BCUT2D eigenvalue weighted by Gasteiger charge is 2.20. The first-order chi connectivity index (χ1) is 12.0. The average molecular weight is 363 g/mol. The third kappa shape index (κ3) is 4.95. The van der Waals surface area contributed by atoms with Gasteiger partial charge in [0.1, 0.15) is 0 Å². The summed E-state index contributed by atoms with van der Waals surface area (Å²) in [5.74, 6) is 2.02. The summed E-state index contributed by atoms with van der Waals surface area (Å²) in [6, 6.07) is 6.81. The molecule has 1 saturated heterocycles. The fourth-order valence-corrected chi connectivity index (χ4v) is 3.32. The lowest BCUT2D eigenvalue weighted by molar-refractivity contribution is 0.353. The van der Waals surface area contributed by atoms with Crippen LogP contribution in [0.4, 0.5) is 5.69 Å². The first-order valence-electron chi connectivity index (χ1n) is 9.07. The lowest BCUT2D eigenvalue weighted by Crippen LogP contribution is -2.42. The fourth-order valence-electron chi connectivity index (χ4n) is 3.15. The minimum absolute atomic E-state index is 0.490. The predicted octanol–water partition coefficient (Wildman–Crippen LogP) is 3.99. The van der Waals surface area contributed by atoms with Crippen molar-refractivity contribution in [3.8, 4) is 0 Å². The van der Waals surface area contributed by atoms with E-state index in [1.165, 1.54) is 5.69 Å². The molecule has 0 bridgehead atoms. The monoisotopic (exact) mass is 362 g/mol. The predicted molar refractivity (Wildman–Crippen MR) is 101 cm³/mol. The molecule has 136 valence electrons. The van der Waals surface area contributed by atoms with E-state index in [4.69, 9.17) is 16.1 Å². The van der Waals surface area contributed by atoms with E-state index in [9.17, 15) is 0 Å². The SMILES string of the molecule is Cc1ccc(N2CCC(NCc3noc(CC(C)C)n3)CC2)cc1Cl. The van der Waals surface area contributed by atoms with Crippen molar-refractivity contribution in [3.63, 3.8) is 0 Å². The Kier molecular flexibility index (Phi) is 5.97. The first-order valence-corrected chi connectivity index (χ1v) is 9.45. The number of halogens is 1. The van der Waals surface area contributed by atoms with E-state index < -0.39 is 0 Å². The summed E-state index contributed by atoms with van der Waals surface area (Å²) in [4.78, 5) is 6.85. The Morgan fingerprint density at radius 3 is 2.76 bits per heavy atom. The molecule has 1 fully saturated rings. The Balaban J connectivity index is 1.46. The summed E-state index contributed by atoms with van der Waals surface area (Å²) >= 11 is 6.25. The topological polar surface area (TPSA) is 54.2 Å². The summed E-state index contributed by atoms with van der Waals surface area (Å²) in [6.07, 6.45) is 3.04. The van der Waals surface area contributed by atoms with Gasteiger partial charge in [0.05, 0.1) is 6.54 Å². The molecule has 1 aromatic carbocycles. The second-order valence-electron chi connectivity index (χ2n) is 7.28. The van der Waals surface area contributed by atoms with Gasteiger partial charge in [0.15, 0.2) is 5.82 Å². The molecule has 0 amide bonds. The molecule has 0 aliphatic carbocycles. The Morgan fingerprint density at radius 2 is 2.08 bits per heavy atom. The number of benzene rings is 1. The zero-order chi connectivity index (χ0) is 17.8. The van der Waals surface area contributed by atoms with Gasteiger partial charge in [-0.15, -0.1) is 0 Å². The van der Waals surface area contributed by atoms with E-state index in [-0.39, 0.29) is 0 Å². The summed E-state index contributed by atoms with van der Waals surface area (Å²) < 4.78 is 5.29. The minimum Gasteiger partial charge on any atom is -0.371 e. The van der Waals surface area contributed by atoms with Crippen LogP contribution in [-0.4, -0.2) is 29.3 Å². The largest absolute Gasteiger partial charge is 0.371 e. The molecule has 2 heterocycles. The Bertz CT molecular complexity index is 692. The van der Waals surface area contributed by atoms with Gasteiger partial charge in [-0.1, -0.05) is 36.7 Å². The summed E-state index contributed by atoms with van der Waals surface area (Å²) in [7, 11) is 0. The van der Waals surface area contributed by atoms with E-state index in [2.05, 4.69) is 52.4 Å². The number of hydrogen-bond acceptors (Lipinski definition) is 5. The number of nitrogens with zero attached hydrogens (tertiary/aromatic N) is 3. The Labute approximate surface area is 154 Å².